The fourth-order valence-electron chi connectivity index (χ4n) is 3.77. The second-order valence-electron chi connectivity index (χ2n) is 7.87. The lowest BCUT2D eigenvalue weighted by molar-refractivity contribution is 0.220. The number of aromatic amines is 1. The summed E-state index contributed by atoms with van der Waals surface area (Å²) in [7, 11) is 3.45. The first-order valence-corrected chi connectivity index (χ1v) is 12.1. The van der Waals surface area contributed by atoms with Gasteiger partial charge in [0.1, 0.15) is 0 Å². The summed E-state index contributed by atoms with van der Waals surface area (Å²) in [5, 5.41) is 2.06. The van der Waals surface area contributed by atoms with E-state index in [9.17, 15) is 4.79 Å². The molecule has 0 saturated carbocycles. The van der Waals surface area contributed by atoms with Gasteiger partial charge in [0.2, 0.25) is 0 Å². The highest BCUT2D eigenvalue weighted by Gasteiger charge is 2.18. The number of carbonyl (C=O) groups is 1. The summed E-state index contributed by atoms with van der Waals surface area (Å²) in [6.07, 6.45) is 9.87. The van der Waals surface area contributed by atoms with Crippen LogP contribution >= 0.6 is 31.9 Å². The van der Waals surface area contributed by atoms with Crippen molar-refractivity contribution in [1.82, 2.24) is 24.4 Å². The second-order valence-corrected chi connectivity index (χ2v) is 9.71. The van der Waals surface area contributed by atoms with Crippen molar-refractivity contribution in [1.29, 1.82) is 0 Å². The summed E-state index contributed by atoms with van der Waals surface area (Å²) in [6, 6.07) is 11.8. The number of nitrogens with zero attached hydrogens (tertiary/aromatic N) is 4. The summed E-state index contributed by atoms with van der Waals surface area (Å²) in [6.45, 7) is 0. The predicted octanol–water partition coefficient (Wildman–Crippen LogP) is 7.17. The Balaban J connectivity index is 0.000000151. The number of aromatic nitrogens is 4. The van der Waals surface area contributed by atoms with E-state index in [0.29, 0.717) is 5.76 Å². The fraction of sp³-hybridized carbons (Fsp3) is 0.0800. The third-order valence-electron chi connectivity index (χ3n) is 5.39. The molecule has 1 N–H and O–H groups in total. The van der Waals surface area contributed by atoms with Gasteiger partial charge < -0.3 is 18.7 Å². The molecule has 0 aliphatic rings. The Bertz CT molecular complexity index is 1620. The zero-order valence-corrected chi connectivity index (χ0v) is 21.9. The number of hydrogen-bond acceptors (Lipinski definition) is 5. The number of oxazole rings is 2. The highest BCUT2D eigenvalue weighted by Crippen LogP contribution is 2.33. The summed E-state index contributed by atoms with van der Waals surface area (Å²) < 4.78 is 14.2. The van der Waals surface area contributed by atoms with Crippen LogP contribution in [0.1, 0.15) is 0 Å². The first kappa shape index (κ1) is 23.1. The van der Waals surface area contributed by atoms with Gasteiger partial charge >= 0.3 is 6.03 Å². The van der Waals surface area contributed by atoms with Crippen LogP contribution in [0.4, 0.5) is 4.79 Å². The van der Waals surface area contributed by atoms with Crippen LogP contribution in [0.2, 0.25) is 0 Å². The van der Waals surface area contributed by atoms with E-state index in [1.807, 2.05) is 36.5 Å². The predicted molar refractivity (Wildman–Crippen MR) is 141 cm³/mol. The van der Waals surface area contributed by atoms with E-state index in [-0.39, 0.29) is 6.03 Å². The monoisotopic (exact) mass is 595 g/mol. The van der Waals surface area contributed by atoms with Crippen molar-refractivity contribution in [2.75, 3.05) is 14.1 Å². The van der Waals surface area contributed by atoms with Crippen molar-refractivity contribution in [3.05, 3.63) is 82.9 Å². The molecule has 2 aromatic carbocycles. The highest BCUT2D eigenvalue weighted by atomic mass is 79.9. The molecule has 0 fully saturated rings. The normalized spacial score (nSPS) is 11.0. The Hall–Kier alpha value is -3.63. The van der Waals surface area contributed by atoms with Gasteiger partial charge in [-0.25, -0.2) is 14.8 Å². The molecule has 0 atom stereocenters. The minimum atomic E-state index is -0.108. The van der Waals surface area contributed by atoms with Crippen LogP contribution in [-0.2, 0) is 0 Å². The van der Waals surface area contributed by atoms with Crippen molar-refractivity contribution in [3.63, 3.8) is 0 Å². The molecule has 35 heavy (non-hydrogen) atoms. The van der Waals surface area contributed by atoms with Crippen molar-refractivity contribution < 1.29 is 13.6 Å². The first-order valence-electron chi connectivity index (χ1n) is 10.5. The molecule has 10 heteroatoms. The number of halogens is 2. The summed E-state index contributed by atoms with van der Waals surface area (Å²) in [4.78, 5) is 24.8. The molecule has 0 unspecified atom stereocenters. The van der Waals surface area contributed by atoms with Crippen molar-refractivity contribution in [3.8, 4) is 22.6 Å². The van der Waals surface area contributed by atoms with Crippen LogP contribution in [0.5, 0.6) is 0 Å². The molecular weight excluding hydrogens is 578 g/mol. The van der Waals surface area contributed by atoms with E-state index in [4.69, 9.17) is 8.83 Å². The van der Waals surface area contributed by atoms with Gasteiger partial charge in [-0.1, -0.05) is 31.9 Å². The quantitative estimate of drug-likeness (QED) is 0.229. The number of benzene rings is 2. The molecular formula is C25H19Br2N5O3. The van der Waals surface area contributed by atoms with Gasteiger partial charge in [0.25, 0.3) is 0 Å². The minimum absolute atomic E-state index is 0.108. The lowest BCUT2D eigenvalue weighted by atomic mass is 10.1. The molecule has 176 valence electrons. The maximum Gasteiger partial charge on any atom is 0.328 e. The summed E-state index contributed by atoms with van der Waals surface area (Å²) >= 11 is 6.91. The van der Waals surface area contributed by atoms with E-state index in [1.165, 1.54) is 17.7 Å². The van der Waals surface area contributed by atoms with Crippen LogP contribution < -0.4 is 0 Å². The van der Waals surface area contributed by atoms with Gasteiger partial charge in [0.15, 0.2) is 24.3 Å². The topological polar surface area (TPSA) is 93.1 Å². The van der Waals surface area contributed by atoms with Crippen LogP contribution in [0.3, 0.4) is 0 Å². The molecule has 4 heterocycles. The largest absolute Gasteiger partial charge is 0.443 e. The summed E-state index contributed by atoms with van der Waals surface area (Å²) in [5.41, 5.74) is 3.79. The van der Waals surface area contributed by atoms with Gasteiger partial charge in [-0.15, -0.1) is 0 Å². The molecule has 0 aliphatic heterocycles. The molecule has 6 aromatic rings. The van der Waals surface area contributed by atoms with Crippen molar-refractivity contribution in [2.45, 2.75) is 0 Å². The van der Waals surface area contributed by atoms with Crippen LogP contribution in [0, 0.1) is 0 Å². The molecule has 8 nitrogen and oxygen atoms in total. The number of H-pyrrole nitrogens is 1. The van der Waals surface area contributed by atoms with Crippen molar-refractivity contribution in [2.24, 2.45) is 0 Å². The van der Waals surface area contributed by atoms with E-state index in [1.54, 1.807) is 37.3 Å². The van der Waals surface area contributed by atoms with Gasteiger partial charge in [-0.3, -0.25) is 4.57 Å². The molecule has 0 bridgehead atoms. The second kappa shape index (κ2) is 9.55. The molecule has 0 saturated heterocycles. The summed E-state index contributed by atoms with van der Waals surface area (Å²) in [5.74, 6) is 1.41. The van der Waals surface area contributed by atoms with Crippen LogP contribution in [-0.4, -0.2) is 44.5 Å². The van der Waals surface area contributed by atoms with Gasteiger partial charge in [0.05, 0.1) is 17.9 Å². The Morgan fingerprint density at radius 1 is 0.914 bits per heavy atom. The zero-order valence-electron chi connectivity index (χ0n) is 18.7. The smallest absolute Gasteiger partial charge is 0.328 e. The fourth-order valence-corrected chi connectivity index (χ4v) is 4.49. The lowest BCUT2D eigenvalue weighted by Crippen LogP contribution is -2.26. The third-order valence-corrected chi connectivity index (χ3v) is 6.38. The van der Waals surface area contributed by atoms with Crippen LogP contribution in [0.25, 0.3) is 44.5 Å². The van der Waals surface area contributed by atoms with E-state index in [0.717, 1.165) is 47.6 Å². The Labute approximate surface area is 216 Å². The van der Waals surface area contributed by atoms with Gasteiger partial charge in [-0.2, -0.15) is 0 Å². The molecule has 6 rings (SSSR count). The highest BCUT2D eigenvalue weighted by molar-refractivity contribution is 9.10. The van der Waals surface area contributed by atoms with Crippen LogP contribution in [0.15, 0.2) is 91.8 Å². The minimum Gasteiger partial charge on any atom is -0.443 e. The standard InChI is InChI=1S/C14H12BrN3O2.C11H7BrN2O/c1-17(2)14(19)18-7-11(13-6-16-8-20-13)10-5-9(15)3-4-12(10)18;12-7-1-2-10-8(3-7)9(4-14-10)11-5-13-6-15-11/h3-8H,1-2H3;1-6,14H. The van der Waals surface area contributed by atoms with Gasteiger partial charge in [-0.05, 0) is 36.4 Å². The Morgan fingerprint density at radius 2 is 1.54 bits per heavy atom. The van der Waals surface area contributed by atoms with E-state index >= 15 is 0 Å². The van der Waals surface area contributed by atoms with Crippen molar-refractivity contribution >= 4 is 59.7 Å². The van der Waals surface area contributed by atoms with E-state index < -0.39 is 0 Å². The lowest BCUT2D eigenvalue weighted by Gasteiger charge is -2.11. The number of amides is 1. The average molecular weight is 597 g/mol. The Kier molecular flexibility index (Phi) is 6.31. The maximum absolute atomic E-state index is 12.3. The number of fused-ring (bicyclic) bond motifs is 2. The third kappa shape index (κ3) is 4.54. The molecule has 1 amide bonds. The molecule has 0 radical (unpaired) electrons. The first-order chi connectivity index (χ1) is 16.9. The molecule has 0 spiro atoms. The molecule has 0 aliphatic carbocycles. The molecule has 4 aromatic heterocycles. The zero-order chi connectivity index (χ0) is 24.5. The number of carbonyl (C=O) groups excluding carboxylic acids is 1. The van der Waals surface area contributed by atoms with Gasteiger partial charge in [0, 0.05) is 62.9 Å². The number of rotatable bonds is 2. The maximum atomic E-state index is 12.3. The Morgan fingerprint density at radius 3 is 2.17 bits per heavy atom. The number of nitrogens with one attached hydrogen (secondary N) is 1. The van der Waals surface area contributed by atoms with E-state index in [2.05, 4.69) is 52.9 Å². The average Bonchev–Trinajstić information content (AvgIpc) is 3.64. The SMILES string of the molecule is Brc1ccc2[nH]cc(-c3cnco3)c2c1.CN(C)C(=O)n1cc(-c2cnco2)c2cc(Br)ccc21. The number of hydrogen-bond donors (Lipinski definition) is 1.